The molecule has 0 radical (unpaired) electrons. The average Bonchev–Trinajstić information content (AvgIpc) is 3.54. The molecule has 1 aliphatic carbocycles. The van der Waals surface area contributed by atoms with E-state index in [-0.39, 0.29) is 29.4 Å². The number of aromatic nitrogens is 5. The highest BCUT2D eigenvalue weighted by molar-refractivity contribution is 5.88. The second kappa shape index (κ2) is 8.06. The third-order valence-corrected chi connectivity index (χ3v) is 5.70. The molecule has 33 heavy (non-hydrogen) atoms. The zero-order valence-electron chi connectivity index (χ0n) is 18.6. The Morgan fingerprint density at radius 2 is 2.09 bits per heavy atom. The van der Waals surface area contributed by atoms with Crippen molar-refractivity contribution < 1.29 is 4.42 Å². The molecular formula is C24H23N7O2. The van der Waals surface area contributed by atoms with Crippen molar-refractivity contribution in [1.29, 1.82) is 0 Å². The lowest BCUT2D eigenvalue weighted by molar-refractivity contribution is 0.532. The molecule has 1 atom stereocenters. The predicted molar refractivity (Wildman–Crippen MR) is 126 cm³/mol. The molecule has 9 nitrogen and oxygen atoms in total. The van der Waals surface area contributed by atoms with Crippen LogP contribution in [0.1, 0.15) is 55.9 Å². The molecule has 9 heteroatoms. The second-order valence-electron chi connectivity index (χ2n) is 8.10. The largest absolute Gasteiger partial charge is 0.421 e. The molecule has 1 aromatic carbocycles. The number of pyridine rings is 1. The molecule has 0 spiro atoms. The molecule has 3 heterocycles. The number of hydrogen-bond donors (Lipinski definition) is 2. The van der Waals surface area contributed by atoms with Gasteiger partial charge >= 0.3 is 0 Å². The van der Waals surface area contributed by atoms with E-state index in [4.69, 9.17) is 10.2 Å². The van der Waals surface area contributed by atoms with Gasteiger partial charge in [-0.2, -0.15) is 0 Å². The number of aryl methyl sites for hydroxylation is 1. The fourth-order valence-electron chi connectivity index (χ4n) is 4.07. The van der Waals surface area contributed by atoms with E-state index < -0.39 is 0 Å². The molecule has 4 aromatic rings. The van der Waals surface area contributed by atoms with Gasteiger partial charge in [-0.3, -0.25) is 4.79 Å². The van der Waals surface area contributed by atoms with Gasteiger partial charge in [0.2, 0.25) is 5.89 Å². The van der Waals surface area contributed by atoms with Crippen LogP contribution in [0.15, 0.2) is 39.8 Å². The normalized spacial score (nSPS) is 14.0. The Morgan fingerprint density at radius 3 is 2.79 bits per heavy atom. The van der Waals surface area contributed by atoms with Crippen LogP contribution in [0.2, 0.25) is 0 Å². The van der Waals surface area contributed by atoms with E-state index in [1.165, 1.54) is 6.33 Å². The van der Waals surface area contributed by atoms with Crippen molar-refractivity contribution in [3.8, 4) is 23.3 Å². The molecule has 3 aromatic heterocycles. The highest BCUT2D eigenvalue weighted by Crippen LogP contribution is 2.38. The van der Waals surface area contributed by atoms with Gasteiger partial charge < -0.3 is 20.0 Å². The first-order valence-corrected chi connectivity index (χ1v) is 10.8. The zero-order chi connectivity index (χ0) is 23.1. The molecule has 1 aliphatic rings. The van der Waals surface area contributed by atoms with Crippen LogP contribution < -0.4 is 16.6 Å². The molecule has 166 valence electrons. The van der Waals surface area contributed by atoms with Gasteiger partial charge in [0.05, 0.1) is 11.4 Å². The van der Waals surface area contributed by atoms with E-state index in [0.717, 1.165) is 29.5 Å². The molecule has 0 amide bonds. The fourth-order valence-corrected chi connectivity index (χ4v) is 4.07. The van der Waals surface area contributed by atoms with Gasteiger partial charge in [0, 0.05) is 24.2 Å². The monoisotopic (exact) mass is 441 g/mol. The van der Waals surface area contributed by atoms with E-state index in [9.17, 15) is 4.79 Å². The summed E-state index contributed by atoms with van der Waals surface area (Å²) in [6.45, 7) is 5.46. The maximum atomic E-state index is 13.6. The summed E-state index contributed by atoms with van der Waals surface area (Å²) in [5, 5.41) is 12.9. The van der Waals surface area contributed by atoms with Crippen molar-refractivity contribution >= 4 is 22.4 Å². The van der Waals surface area contributed by atoms with E-state index >= 15 is 0 Å². The number of fused-ring (bicyclic) bond motifs is 1. The quantitative estimate of drug-likeness (QED) is 0.450. The van der Waals surface area contributed by atoms with Crippen molar-refractivity contribution in [2.75, 3.05) is 11.1 Å². The molecule has 0 unspecified atom stereocenters. The number of rotatable bonds is 5. The van der Waals surface area contributed by atoms with Gasteiger partial charge in [0.1, 0.15) is 23.5 Å². The van der Waals surface area contributed by atoms with Crippen molar-refractivity contribution in [3.05, 3.63) is 58.1 Å². The SMILES string of the molecule is CC#Cc1cccc2cc([C@H](C)Nc3ncnc(N)c3-c3nnc(C)o3)n(C3CC3)c(=O)c12. The van der Waals surface area contributed by atoms with Crippen LogP contribution in [-0.4, -0.2) is 24.7 Å². The standard InChI is InChI=1S/C24H23N7O2/c1-4-6-15-7-5-8-16-11-18(31(17-9-10-17)24(32)19(15)16)13(2)28-22-20(21(25)26-12-27-22)23-30-29-14(3)33-23/h5,7-8,11-13,17H,9-10H2,1-3H3,(H3,25,26,27,28)/t13-/m0/s1. The van der Waals surface area contributed by atoms with Crippen molar-refractivity contribution in [1.82, 2.24) is 24.7 Å². The first-order valence-electron chi connectivity index (χ1n) is 10.8. The van der Waals surface area contributed by atoms with Gasteiger partial charge in [-0.1, -0.05) is 18.1 Å². The van der Waals surface area contributed by atoms with Crippen LogP contribution in [0.4, 0.5) is 11.6 Å². The van der Waals surface area contributed by atoms with Crippen LogP contribution in [-0.2, 0) is 0 Å². The highest BCUT2D eigenvalue weighted by Gasteiger charge is 2.30. The number of benzene rings is 1. The van der Waals surface area contributed by atoms with Crippen LogP contribution >= 0.6 is 0 Å². The number of nitrogen functional groups attached to an aromatic ring is 1. The number of hydrogen-bond acceptors (Lipinski definition) is 8. The number of nitrogens with one attached hydrogen (secondary N) is 1. The molecule has 0 aliphatic heterocycles. The molecule has 0 saturated heterocycles. The smallest absolute Gasteiger partial charge is 0.260 e. The minimum absolute atomic E-state index is 0.0213. The maximum absolute atomic E-state index is 13.6. The van der Waals surface area contributed by atoms with Crippen LogP contribution in [0.25, 0.3) is 22.2 Å². The number of nitrogens with two attached hydrogens (primary N) is 1. The average molecular weight is 441 g/mol. The number of nitrogens with zero attached hydrogens (tertiary/aromatic N) is 5. The fraction of sp³-hybridized carbons (Fsp3) is 0.292. The van der Waals surface area contributed by atoms with E-state index in [0.29, 0.717) is 22.7 Å². The minimum atomic E-state index is -0.263. The Labute approximate surface area is 190 Å². The summed E-state index contributed by atoms with van der Waals surface area (Å²) in [7, 11) is 0. The molecule has 5 rings (SSSR count). The summed E-state index contributed by atoms with van der Waals surface area (Å²) in [5.74, 6) is 7.31. The van der Waals surface area contributed by atoms with E-state index in [1.54, 1.807) is 13.8 Å². The third-order valence-electron chi connectivity index (χ3n) is 5.70. The Bertz CT molecular complexity index is 1490. The summed E-state index contributed by atoms with van der Waals surface area (Å²) in [6.07, 6.45) is 3.32. The summed E-state index contributed by atoms with van der Waals surface area (Å²) in [4.78, 5) is 22.1. The maximum Gasteiger partial charge on any atom is 0.260 e. The van der Waals surface area contributed by atoms with Crippen molar-refractivity contribution in [3.63, 3.8) is 0 Å². The Morgan fingerprint density at radius 1 is 1.27 bits per heavy atom. The van der Waals surface area contributed by atoms with Crippen molar-refractivity contribution in [2.24, 2.45) is 0 Å². The Balaban J connectivity index is 1.63. The van der Waals surface area contributed by atoms with Gasteiger partial charge in [-0.25, -0.2) is 9.97 Å². The Hall–Kier alpha value is -4.19. The van der Waals surface area contributed by atoms with Gasteiger partial charge in [-0.05, 0) is 44.2 Å². The van der Waals surface area contributed by atoms with Gasteiger partial charge in [0.25, 0.3) is 11.4 Å². The highest BCUT2D eigenvalue weighted by atomic mass is 16.4. The summed E-state index contributed by atoms with van der Waals surface area (Å²) in [6, 6.07) is 7.72. The summed E-state index contributed by atoms with van der Waals surface area (Å²) >= 11 is 0. The van der Waals surface area contributed by atoms with Gasteiger partial charge in [-0.15, -0.1) is 16.1 Å². The minimum Gasteiger partial charge on any atom is -0.421 e. The molecule has 0 bridgehead atoms. The zero-order valence-corrected chi connectivity index (χ0v) is 18.6. The van der Waals surface area contributed by atoms with E-state index in [2.05, 4.69) is 43.4 Å². The van der Waals surface area contributed by atoms with E-state index in [1.807, 2.05) is 29.7 Å². The second-order valence-corrected chi connectivity index (χ2v) is 8.10. The summed E-state index contributed by atoms with van der Waals surface area (Å²) in [5.41, 5.74) is 8.15. The lowest BCUT2D eigenvalue weighted by atomic mass is 10.0. The lowest BCUT2D eigenvalue weighted by Crippen LogP contribution is -2.27. The first kappa shape index (κ1) is 20.7. The molecular weight excluding hydrogens is 418 g/mol. The van der Waals surface area contributed by atoms with Gasteiger partial charge in [0.15, 0.2) is 0 Å². The Kier molecular flexibility index (Phi) is 5.05. The van der Waals surface area contributed by atoms with Crippen LogP contribution in [0, 0.1) is 18.8 Å². The number of anilines is 2. The third kappa shape index (κ3) is 3.69. The molecule has 1 fully saturated rings. The van der Waals surface area contributed by atoms with Crippen molar-refractivity contribution in [2.45, 2.75) is 45.7 Å². The molecule has 3 N–H and O–H groups in total. The first-order chi connectivity index (χ1) is 16.0. The molecule has 1 saturated carbocycles. The van der Waals surface area contributed by atoms with Crippen LogP contribution in [0.3, 0.4) is 0 Å². The topological polar surface area (TPSA) is 125 Å². The summed E-state index contributed by atoms with van der Waals surface area (Å²) < 4.78 is 7.46. The lowest BCUT2D eigenvalue weighted by Gasteiger charge is -2.22. The van der Waals surface area contributed by atoms with Crippen LogP contribution in [0.5, 0.6) is 0 Å². The predicted octanol–water partition coefficient (Wildman–Crippen LogP) is 3.61.